The van der Waals surface area contributed by atoms with Crippen LogP contribution in [0.5, 0.6) is 0 Å². The van der Waals surface area contributed by atoms with E-state index in [1.54, 1.807) is 0 Å². The second-order valence-corrected chi connectivity index (χ2v) is 6.77. The molecule has 90 valence electrons. The van der Waals surface area contributed by atoms with E-state index in [4.69, 9.17) is 0 Å². The van der Waals surface area contributed by atoms with Gasteiger partial charge in [0.1, 0.15) is 0 Å². The van der Waals surface area contributed by atoms with Crippen LogP contribution in [0.2, 0.25) is 0 Å². The Morgan fingerprint density at radius 1 is 0.938 bits per heavy atom. The van der Waals surface area contributed by atoms with Crippen LogP contribution in [-0.2, 0) is 0 Å². The van der Waals surface area contributed by atoms with E-state index in [-0.39, 0.29) is 0 Å². The molecule has 0 aliphatic carbocycles. The van der Waals surface area contributed by atoms with Crippen LogP contribution in [0, 0.1) is 20.8 Å². The van der Waals surface area contributed by atoms with Crippen molar-refractivity contribution in [1.82, 2.24) is 0 Å². The molecule has 1 heteroatoms. The van der Waals surface area contributed by atoms with Crippen LogP contribution >= 0.6 is 11.8 Å². The van der Waals surface area contributed by atoms with Gasteiger partial charge in [0, 0.05) is 10.1 Å². The summed E-state index contributed by atoms with van der Waals surface area (Å²) >= 11 is 1.99. The molecule has 0 fully saturated rings. The lowest BCUT2D eigenvalue weighted by molar-refractivity contribution is 0.846. The molecule has 0 aliphatic rings. The van der Waals surface area contributed by atoms with Gasteiger partial charge in [0.2, 0.25) is 0 Å². The lowest BCUT2D eigenvalue weighted by Crippen LogP contribution is -2.00. The Hall–Kier alpha value is -0.430. The molecule has 0 aliphatic heterocycles. The average Bonchev–Trinajstić information content (AvgIpc) is 2.17. The SMILES string of the molecule is Cc1cc(C(C)C)c(C)c(C)c1SC(C)C. The van der Waals surface area contributed by atoms with Crippen LogP contribution in [0.15, 0.2) is 11.0 Å². The van der Waals surface area contributed by atoms with Gasteiger partial charge in [-0.1, -0.05) is 33.8 Å². The van der Waals surface area contributed by atoms with Crippen LogP contribution in [-0.4, -0.2) is 5.25 Å². The normalized spacial score (nSPS) is 11.6. The molecule has 1 aromatic carbocycles. The van der Waals surface area contributed by atoms with Gasteiger partial charge in [-0.15, -0.1) is 11.8 Å². The standard InChI is InChI=1S/C15H24S/c1-9(2)14-8-11(5)15(16-10(3)4)13(7)12(14)6/h8-10H,1-7H3. The van der Waals surface area contributed by atoms with Crippen molar-refractivity contribution in [3.05, 3.63) is 28.3 Å². The summed E-state index contributed by atoms with van der Waals surface area (Å²) in [7, 11) is 0. The third kappa shape index (κ3) is 2.82. The van der Waals surface area contributed by atoms with Crippen molar-refractivity contribution >= 4 is 11.8 Å². The van der Waals surface area contributed by atoms with Gasteiger partial charge >= 0.3 is 0 Å². The van der Waals surface area contributed by atoms with Gasteiger partial charge in [0.05, 0.1) is 0 Å². The Labute approximate surface area is 105 Å². The fourth-order valence-corrected chi connectivity index (χ4v) is 3.15. The van der Waals surface area contributed by atoms with Crippen molar-refractivity contribution in [2.24, 2.45) is 0 Å². The molecule has 0 unspecified atom stereocenters. The maximum atomic E-state index is 2.37. The van der Waals surface area contributed by atoms with Gasteiger partial charge in [-0.2, -0.15) is 0 Å². The van der Waals surface area contributed by atoms with Gasteiger partial charge in [-0.05, 0) is 48.9 Å². The van der Waals surface area contributed by atoms with Crippen molar-refractivity contribution in [3.63, 3.8) is 0 Å². The van der Waals surface area contributed by atoms with Crippen LogP contribution < -0.4 is 0 Å². The quantitative estimate of drug-likeness (QED) is 0.647. The molecule has 0 bridgehead atoms. The average molecular weight is 236 g/mol. The molecule has 0 saturated heterocycles. The van der Waals surface area contributed by atoms with Gasteiger partial charge in [0.25, 0.3) is 0 Å². The molecule has 1 aromatic rings. The molecule has 0 aromatic heterocycles. The smallest absolute Gasteiger partial charge is 0.0136 e. The highest BCUT2D eigenvalue weighted by atomic mass is 32.2. The number of rotatable bonds is 3. The Kier molecular flexibility index (Phi) is 4.49. The second-order valence-electron chi connectivity index (χ2n) is 5.18. The highest BCUT2D eigenvalue weighted by Crippen LogP contribution is 2.35. The highest BCUT2D eigenvalue weighted by molar-refractivity contribution is 8.00. The first-order valence-corrected chi connectivity index (χ1v) is 6.99. The minimum Gasteiger partial charge on any atom is -0.123 e. The van der Waals surface area contributed by atoms with Gasteiger partial charge in [-0.3, -0.25) is 0 Å². The lowest BCUT2D eigenvalue weighted by Gasteiger charge is -2.19. The Morgan fingerprint density at radius 2 is 1.50 bits per heavy atom. The number of thioether (sulfide) groups is 1. The van der Waals surface area contributed by atoms with E-state index in [1.165, 1.54) is 27.1 Å². The number of hydrogen-bond donors (Lipinski definition) is 0. The number of aryl methyl sites for hydroxylation is 1. The summed E-state index contributed by atoms with van der Waals surface area (Å²) in [6.07, 6.45) is 0. The Bertz CT molecular complexity index is 376. The molecule has 0 amide bonds. The van der Waals surface area contributed by atoms with Crippen molar-refractivity contribution in [2.75, 3.05) is 0 Å². The zero-order valence-corrected chi connectivity index (χ0v) is 12.5. The topological polar surface area (TPSA) is 0 Å². The summed E-state index contributed by atoms with van der Waals surface area (Å²) in [6, 6.07) is 2.37. The minimum absolute atomic E-state index is 0.621. The number of benzene rings is 1. The first-order valence-electron chi connectivity index (χ1n) is 6.12. The summed E-state index contributed by atoms with van der Waals surface area (Å²) < 4.78 is 0. The van der Waals surface area contributed by atoms with Gasteiger partial charge in [0.15, 0.2) is 0 Å². The molecule has 16 heavy (non-hydrogen) atoms. The fraction of sp³-hybridized carbons (Fsp3) is 0.600. The molecule has 0 heterocycles. The van der Waals surface area contributed by atoms with E-state index in [0.717, 1.165) is 0 Å². The van der Waals surface area contributed by atoms with E-state index in [0.29, 0.717) is 11.2 Å². The molecule has 1 rings (SSSR count). The van der Waals surface area contributed by atoms with E-state index in [9.17, 15) is 0 Å². The predicted octanol–water partition coefficient (Wildman–Crippen LogP) is 5.24. The zero-order chi connectivity index (χ0) is 12.5. The van der Waals surface area contributed by atoms with Crippen LogP contribution in [0.1, 0.15) is 55.9 Å². The zero-order valence-electron chi connectivity index (χ0n) is 11.6. The fourth-order valence-electron chi connectivity index (χ4n) is 2.11. The molecular formula is C15H24S. The highest BCUT2D eigenvalue weighted by Gasteiger charge is 2.13. The molecule has 0 nitrogen and oxygen atoms in total. The summed E-state index contributed by atoms with van der Waals surface area (Å²) in [5.41, 5.74) is 5.89. The van der Waals surface area contributed by atoms with Crippen molar-refractivity contribution < 1.29 is 0 Å². The minimum atomic E-state index is 0.621. The maximum absolute atomic E-state index is 2.37. The summed E-state index contributed by atoms with van der Waals surface area (Å²) in [6.45, 7) is 15.8. The summed E-state index contributed by atoms with van der Waals surface area (Å²) in [5, 5.41) is 0.654. The third-order valence-electron chi connectivity index (χ3n) is 3.04. The van der Waals surface area contributed by atoms with Crippen molar-refractivity contribution in [3.8, 4) is 0 Å². The van der Waals surface area contributed by atoms with Gasteiger partial charge in [-0.25, -0.2) is 0 Å². The largest absolute Gasteiger partial charge is 0.123 e. The van der Waals surface area contributed by atoms with E-state index in [2.05, 4.69) is 54.5 Å². The van der Waals surface area contributed by atoms with Crippen LogP contribution in [0.3, 0.4) is 0 Å². The number of hydrogen-bond acceptors (Lipinski definition) is 1. The molecule has 0 spiro atoms. The first kappa shape index (κ1) is 13.6. The lowest BCUT2D eigenvalue weighted by atomic mass is 9.92. The van der Waals surface area contributed by atoms with Gasteiger partial charge < -0.3 is 0 Å². The Balaban J connectivity index is 3.28. The Morgan fingerprint density at radius 3 is 1.94 bits per heavy atom. The van der Waals surface area contributed by atoms with E-state index in [1.807, 2.05) is 11.8 Å². The maximum Gasteiger partial charge on any atom is 0.0136 e. The summed E-state index contributed by atoms with van der Waals surface area (Å²) in [4.78, 5) is 1.48. The molecule has 0 N–H and O–H groups in total. The second kappa shape index (κ2) is 5.27. The summed E-state index contributed by atoms with van der Waals surface area (Å²) in [5.74, 6) is 0.621. The molecule has 0 saturated carbocycles. The molecule has 0 atom stereocenters. The third-order valence-corrected chi connectivity index (χ3v) is 4.38. The van der Waals surface area contributed by atoms with Crippen LogP contribution in [0.25, 0.3) is 0 Å². The van der Waals surface area contributed by atoms with E-state index >= 15 is 0 Å². The first-order chi connectivity index (χ1) is 7.34. The van der Waals surface area contributed by atoms with Crippen molar-refractivity contribution in [2.45, 2.75) is 64.5 Å². The predicted molar refractivity (Wildman–Crippen MR) is 75.7 cm³/mol. The molecule has 0 radical (unpaired) electrons. The monoisotopic (exact) mass is 236 g/mol. The van der Waals surface area contributed by atoms with Crippen LogP contribution in [0.4, 0.5) is 0 Å². The van der Waals surface area contributed by atoms with Crippen molar-refractivity contribution in [1.29, 1.82) is 0 Å². The molecular weight excluding hydrogens is 212 g/mol. The van der Waals surface area contributed by atoms with E-state index < -0.39 is 0 Å².